The number of carboxylic acid groups (broad SMARTS) is 1. The van der Waals surface area contributed by atoms with Gasteiger partial charge in [-0.3, -0.25) is 4.72 Å². The van der Waals surface area contributed by atoms with Gasteiger partial charge >= 0.3 is 5.97 Å². The van der Waals surface area contributed by atoms with Crippen molar-refractivity contribution >= 4 is 21.7 Å². The van der Waals surface area contributed by atoms with Gasteiger partial charge in [0.2, 0.25) is 0 Å². The Morgan fingerprint density at radius 3 is 2.50 bits per heavy atom. The summed E-state index contributed by atoms with van der Waals surface area (Å²) in [7, 11) is -3.95. The average molecular weight is 343 g/mol. The molecule has 0 aliphatic rings. The summed E-state index contributed by atoms with van der Waals surface area (Å²) in [4.78, 5) is 11.1. The molecule has 0 saturated heterocycles. The van der Waals surface area contributed by atoms with Gasteiger partial charge in [0.25, 0.3) is 10.0 Å². The van der Waals surface area contributed by atoms with Crippen molar-refractivity contribution in [3.8, 4) is 12.3 Å². The second kappa shape index (κ2) is 6.77. The molecule has 0 amide bonds. The Bertz CT molecular complexity index is 924. The van der Waals surface area contributed by atoms with E-state index in [1.54, 1.807) is 18.2 Å². The van der Waals surface area contributed by atoms with Crippen molar-refractivity contribution in [1.29, 1.82) is 0 Å². The summed E-state index contributed by atoms with van der Waals surface area (Å²) in [6.07, 6.45) is 5.32. The maximum Gasteiger partial charge on any atom is 0.335 e. The van der Waals surface area contributed by atoms with E-state index in [4.69, 9.17) is 11.5 Å². The van der Waals surface area contributed by atoms with Gasteiger partial charge in [0.05, 0.1) is 16.1 Å². The van der Waals surface area contributed by atoms with Crippen LogP contribution in [-0.2, 0) is 10.0 Å². The number of nitrogens with one attached hydrogen (secondary N) is 1. The Kier molecular flexibility index (Phi) is 4.96. The summed E-state index contributed by atoms with van der Waals surface area (Å²) in [6, 6.07) is 10.5. The lowest BCUT2D eigenvalue weighted by Crippen LogP contribution is -2.16. The van der Waals surface area contributed by atoms with Crippen LogP contribution in [0.15, 0.2) is 47.4 Å². The van der Waals surface area contributed by atoms with Crippen LogP contribution in [-0.4, -0.2) is 19.5 Å². The molecule has 0 unspecified atom stereocenters. The summed E-state index contributed by atoms with van der Waals surface area (Å²) in [6.45, 7) is 3.68. The fourth-order valence-electron chi connectivity index (χ4n) is 2.26. The van der Waals surface area contributed by atoms with E-state index in [1.807, 2.05) is 13.8 Å². The fourth-order valence-corrected chi connectivity index (χ4v) is 3.70. The molecule has 0 heterocycles. The summed E-state index contributed by atoms with van der Waals surface area (Å²) >= 11 is 0. The van der Waals surface area contributed by atoms with E-state index >= 15 is 0 Å². The zero-order chi connectivity index (χ0) is 17.9. The van der Waals surface area contributed by atoms with Crippen LogP contribution in [0.3, 0.4) is 0 Å². The zero-order valence-electron chi connectivity index (χ0n) is 13.3. The number of aromatic carboxylic acids is 1. The summed E-state index contributed by atoms with van der Waals surface area (Å²) in [5.74, 6) is 1.16. The minimum Gasteiger partial charge on any atom is -0.478 e. The highest BCUT2D eigenvalue weighted by Gasteiger charge is 2.22. The molecule has 5 nitrogen and oxygen atoms in total. The largest absolute Gasteiger partial charge is 0.478 e. The Morgan fingerprint density at radius 1 is 1.21 bits per heavy atom. The van der Waals surface area contributed by atoms with Gasteiger partial charge in [-0.05, 0) is 41.8 Å². The molecule has 24 heavy (non-hydrogen) atoms. The minimum atomic E-state index is -3.95. The number of carbonyl (C=O) groups is 1. The Labute approximate surface area is 141 Å². The van der Waals surface area contributed by atoms with Gasteiger partial charge in [0.1, 0.15) is 0 Å². The normalized spacial score (nSPS) is 11.1. The number of terminal acetylenes is 1. The van der Waals surface area contributed by atoms with Gasteiger partial charge in [0.15, 0.2) is 0 Å². The van der Waals surface area contributed by atoms with Crippen molar-refractivity contribution in [2.45, 2.75) is 24.7 Å². The molecule has 0 radical (unpaired) electrons. The van der Waals surface area contributed by atoms with Gasteiger partial charge in [-0.15, -0.1) is 6.42 Å². The third-order valence-corrected chi connectivity index (χ3v) is 4.89. The van der Waals surface area contributed by atoms with E-state index in [9.17, 15) is 13.2 Å². The maximum atomic E-state index is 12.7. The maximum absolute atomic E-state index is 12.7. The molecule has 6 heteroatoms. The van der Waals surface area contributed by atoms with E-state index in [-0.39, 0.29) is 16.4 Å². The van der Waals surface area contributed by atoms with Crippen LogP contribution in [0.1, 0.15) is 41.3 Å². The molecule has 0 spiro atoms. The molecule has 0 aromatic heterocycles. The third kappa shape index (κ3) is 3.76. The lowest BCUT2D eigenvalue weighted by Gasteiger charge is -2.15. The number of hydrogen-bond acceptors (Lipinski definition) is 3. The number of anilines is 1. The van der Waals surface area contributed by atoms with Crippen LogP contribution in [0, 0.1) is 12.3 Å². The minimum absolute atomic E-state index is 0.0523. The van der Waals surface area contributed by atoms with Crippen LogP contribution in [0.25, 0.3) is 0 Å². The van der Waals surface area contributed by atoms with Crippen LogP contribution in [0.5, 0.6) is 0 Å². The molecular formula is C18H17NO4S. The molecule has 0 saturated carbocycles. The molecular weight excluding hydrogens is 326 g/mol. The fraction of sp³-hybridized carbons (Fsp3) is 0.167. The van der Waals surface area contributed by atoms with Crippen molar-refractivity contribution < 1.29 is 18.3 Å². The van der Waals surface area contributed by atoms with Gasteiger partial charge in [-0.25, -0.2) is 13.2 Å². The molecule has 2 rings (SSSR count). The Hall–Kier alpha value is -2.78. The molecule has 0 aliphatic carbocycles. The smallest absolute Gasteiger partial charge is 0.335 e. The predicted octanol–water partition coefficient (Wildman–Crippen LogP) is 3.29. The lowest BCUT2D eigenvalue weighted by molar-refractivity contribution is 0.0696. The van der Waals surface area contributed by atoms with Gasteiger partial charge in [-0.1, -0.05) is 31.9 Å². The first-order valence-electron chi connectivity index (χ1n) is 7.21. The molecule has 0 fully saturated rings. The van der Waals surface area contributed by atoms with Crippen LogP contribution in [0.4, 0.5) is 5.69 Å². The number of carboxylic acids is 1. The summed E-state index contributed by atoms with van der Waals surface area (Å²) in [5, 5.41) is 9.13. The highest BCUT2D eigenvalue weighted by atomic mass is 32.2. The zero-order valence-corrected chi connectivity index (χ0v) is 14.1. The van der Waals surface area contributed by atoms with Crippen molar-refractivity contribution in [3.05, 3.63) is 59.2 Å². The predicted molar refractivity (Wildman–Crippen MR) is 92.7 cm³/mol. The van der Waals surface area contributed by atoms with E-state index in [1.165, 1.54) is 24.3 Å². The molecule has 2 aromatic rings. The quantitative estimate of drug-likeness (QED) is 0.816. The summed E-state index contributed by atoms with van der Waals surface area (Å²) in [5.41, 5.74) is 1.32. The van der Waals surface area contributed by atoms with Gasteiger partial charge in [0, 0.05) is 5.56 Å². The highest BCUT2D eigenvalue weighted by molar-refractivity contribution is 7.92. The lowest BCUT2D eigenvalue weighted by atomic mass is 10.0. The topological polar surface area (TPSA) is 83.5 Å². The Balaban J connectivity index is 2.53. The second-order valence-electron chi connectivity index (χ2n) is 5.54. The van der Waals surface area contributed by atoms with E-state index in [0.29, 0.717) is 16.8 Å². The van der Waals surface area contributed by atoms with Crippen LogP contribution in [0.2, 0.25) is 0 Å². The highest BCUT2D eigenvalue weighted by Crippen LogP contribution is 2.27. The molecule has 2 aromatic carbocycles. The first-order chi connectivity index (χ1) is 11.2. The van der Waals surface area contributed by atoms with Crippen molar-refractivity contribution in [2.75, 3.05) is 4.72 Å². The molecule has 0 atom stereocenters. The number of rotatable bonds is 5. The van der Waals surface area contributed by atoms with Crippen LogP contribution < -0.4 is 4.72 Å². The van der Waals surface area contributed by atoms with Gasteiger partial charge < -0.3 is 5.11 Å². The molecule has 0 bridgehead atoms. The van der Waals surface area contributed by atoms with Crippen molar-refractivity contribution in [2.24, 2.45) is 0 Å². The average Bonchev–Trinajstić information content (AvgIpc) is 2.53. The van der Waals surface area contributed by atoms with Crippen LogP contribution >= 0.6 is 0 Å². The first-order valence-corrected chi connectivity index (χ1v) is 8.69. The van der Waals surface area contributed by atoms with E-state index in [0.717, 1.165) is 0 Å². The Morgan fingerprint density at radius 2 is 1.92 bits per heavy atom. The number of benzene rings is 2. The van der Waals surface area contributed by atoms with Crippen molar-refractivity contribution in [3.63, 3.8) is 0 Å². The molecule has 0 aliphatic heterocycles. The first kappa shape index (κ1) is 17.6. The molecule has 124 valence electrons. The number of hydrogen-bond donors (Lipinski definition) is 2. The standard InChI is InChI=1S/C18H17NO4S/c1-4-13-6-5-7-15(10-13)19-24(22,23)17-11-14(18(20)21)8-9-16(17)12(2)3/h1,5-12,19H,2-3H3,(H,20,21). The second-order valence-corrected chi connectivity index (χ2v) is 7.19. The van der Waals surface area contributed by atoms with E-state index in [2.05, 4.69) is 10.6 Å². The van der Waals surface area contributed by atoms with E-state index < -0.39 is 16.0 Å². The SMILES string of the molecule is C#Cc1cccc(NS(=O)(=O)c2cc(C(=O)O)ccc2C(C)C)c1. The third-order valence-electron chi connectivity index (χ3n) is 3.45. The monoisotopic (exact) mass is 343 g/mol. The van der Waals surface area contributed by atoms with Crippen molar-refractivity contribution in [1.82, 2.24) is 0 Å². The molecule has 2 N–H and O–H groups in total. The van der Waals surface area contributed by atoms with Gasteiger partial charge in [-0.2, -0.15) is 0 Å². The summed E-state index contributed by atoms with van der Waals surface area (Å²) < 4.78 is 27.9. The number of sulfonamides is 1.